The molecule has 5 nitrogen and oxygen atoms in total. The van der Waals surface area contributed by atoms with Crippen LogP contribution in [-0.4, -0.2) is 19.2 Å². The van der Waals surface area contributed by atoms with Crippen LogP contribution in [0, 0.1) is 13.8 Å². The van der Waals surface area contributed by atoms with Gasteiger partial charge in [-0.3, -0.25) is 9.36 Å². The van der Waals surface area contributed by atoms with Crippen molar-refractivity contribution in [2.24, 2.45) is 0 Å². The Hall–Kier alpha value is -2.90. The van der Waals surface area contributed by atoms with Gasteiger partial charge in [-0.2, -0.15) is 0 Å². The fourth-order valence-electron chi connectivity index (χ4n) is 4.92. The summed E-state index contributed by atoms with van der Waals surface area (Å²) in [5.74, 6) is 1.44. The van der Waals surface area contributed by atoms with Gasteiger partial charge in [0.1, 0.15) is 4.83 Å². The zero-order valence-corrected chi connectivity index (χ0v) is 21.0. The summed E-state index contributed by atoms with van der Waals surface area (Å²) in [6, 6.07) is 16.7. The fourth-order valence-corrected chi connectivity index (χ4v) is 7.37. The van der Waals surface area contributed by atoms with E-state index in [0.29, 0.717) is 12.3 Å². The Bertz CT molecular complexity index is 1580. The maximum Gasteiger partial charge on any atom is 0.264 e. The molecule has 3 aromatic heterocycles. The quantitative estimate of drug-likeness (QED) is 0.288. The number of aryl methyl sites for hydroxylation is 4. The van der Waals surface area contributed by atoms with Crippen LogP contribution in [-0.2, 0) is 25.1 Å². The first-order chi connectivity index (χ1) is 16.6. The summed E-state index contributed by atoms with van der Waals surface area (Å²) in [4.78, 5) is 16.2. The van der Waals surface area contributed by atoms with Crippen molar-refractivity contribution in [1.29, 1.82) is 0 Å². The Morgan fingerprint density at radius 2 is 1.85 bits per heavy atom. The van der Waals surface area contributed by atoms with E-state index in [-0.39, 0.29) is 5.56 Å². The molecule has 0 saturated heterocycles. The minimum Gasteiger partial charge on any atom is -0.272 e. The minimum absolute atomic E-state index is 0.0593. The van der Waals surface area contributed by atoms with E-state index in [1.54, 1.807) is 23.1 Å². The number of fused-ring (bicyclic) bond motifs is 5. The number of thiophene rings is 1. The van der Waals surface area contributed by atoms with Gasteiger partial charge >= 0.3 is 0 Å². The zero-order valence-electron chi connectivity index (χ0n) is 19.4. The molecule has 5 aromatic rings. The Labute approximate surface area is 206 Å². The van der Waals surface area contributed by atoms with Gasteiger partial charge in [0.25, 0.3) is 5.56 Å². The SMILES string of the molecule is Cc1ccc(CSc2nnc3n(Cc4ccccc4)c(=O)c4c5c(sc4n23)CCCC5)c(C)c1. The Morgan fingerprint density at radius 3 is 2.68 bits per heavy atom. The van der Waals surface area contributed by atoms with Gasteiger partial charge in [0.05, 0.1) is 11.9 Å². The predicted octanol–water partition coefficient (Wildman–Crippen LogP) is 5.94. The van der Waals surface area contributed by atoms with Crippen molar-refractivity contribution in [2.75, 3.05) is 0 Å². The molecule has 0 amide bonds. The van der Waals surface area contributed by atoms with Gasteiger partial charge in [0.15, 0.2) is 5.16 Å². The second-order valence-corrected chi connectivity index (χ2v) is 11.1. The average molecular weight is 487 g/mol. The van der Waals surface area contributed by atoms with Crippen molar-refractivity contribution >= 4 is 39.1 Å². The molecule has 0 spiro atoms. The van der Waals surface area contributed by atoms with Crippen molar-refractivity contribution in [3.8, 4) is 0 Å². The average Bonchev–Trinajstić information content (AvgIpc) is 3.43. The van der Waals surface area contributed by atoms with Crippen LogP contribution in [0.5, 0.6) is 0 Å². The van der Waals surface area contributed by atoms with Crippen LogP contribution in [0.3, 0.4) is 0 Å². The zero-order chi connectivity index (χ0) is 23.2. The van der Waals surface area contributed by atoms with E-state index in [2.05, 4.69) is 58.8 Å². The molecule has 0 aliphatic heterocycles. The maximum absolute atomic E-state index is 13.8. The largest absolute Gasteiger partial charge is 0.272 e. The van der Waals surface area contributed by atoms with Crippen molar-refractivity contribution in [1.82, 2.24) is 19.2 Å². The number of benzene rings is 2. The van der Waals surface area contributed by atoms with E-state index in [9.17, 15) is 4.79 Å². The lowest BCUT2D eigenvalue weighted by Gasteiger charge is -2.12. The smallest absolute Gasteiger partial charge is 0.264 e. The topological polar surface area (TPSA) is 52.2 Å². The van der Waals surface area contributed by atoms with Crippen LogP contribution >= 0.6 is 23.1 Å². The van der Waals surface area contributed by atoms with Crippen molar-refractivity contribution in [2.45, 2.75) is 57.0 Å². The van der Waals surface area contributed by atoms with Gasteiger partial charge in [0, 0.05) is 10.6 Å². The van der Waals surface area contributed by atoms with Crippen molar-refractivity contribution in [3.63, 3.8) is 0 Å². The van der Waals surface area contributed by atoms with E-state index in [4.69, 9.17) is 0 Å². The molecule has 34 heavy (non-hydrogen) atoms. The highest BCUT2D eigenvalue weighted by Crippen LogP contribution is 2.36. The van der Waals surface area contributed by atoms with Crippen LogP contribution < -0.4 is 5.56 Å². The predicted molar refractivity (Wildman–Crippen MR) is 140 cm³/mol. The van der Waals surface area contributed by atoms with Crippen LogP contribution in [0.25, 0.3) is 16.0 Å². The summed E-state index contributed by atoms with van der Waals surface area (Å²) < 4.78 is 3.95. The molecule has 0 fully saturated rings. The van der Waals surface area contributed by atoms with E-state index in [1.807, 2.05) is 22.8 Å². The first-order valence-corrected chi connectivity index (χ1v) is 13.6. The van der Waals surface area contributed by atoms with Crippen LogP contribution in [0.1, 0.15) is 45.5 Å². The highest BCUT2D eigenvalue weighted by molar-refractivity contribution is 7.98. The summed E-state index contributed by atoms with van der Waals surface area (Å²) in [6.07, 6.45) is 4.37. The lowest BCUT2D eigenvalue weighted by molar-refractivity contribution is 0.698. The highest BCUT2D eigenvalue weighted by atomic mass is 32.2. The molecule has 0 bridgehead atoms. The lowest BCUT2D eigenvalue weighted by Crippen LogP contribution is -2.24. The minimum atomic E-state index is 0.0593. The molecular formula is C27H26N4OS2. The monoisotopic (exact) mass is 486 g/mol. The molecule has 0 radical (unpaired) electrons. The Balaban J connectivity index is 1.52. The highest BCUT2D eigenvalue weighted by Gasteiger charge is 2.25. The van der Waals surface area contributed by atoms with E-state index < -0.39 is 0 Å². The number of rotatable bonds is 5. The first-order valence-electron chi connectivity index (χ1n) is 11.7. The molecule has 172 valence electrons. The Morgan fingerprint density at radius 1 is 1.03 bits per heavy atom. The second kappa shape index (κ2) is 8.71. The fraction of sp³-hybridized carbons (Fsp3) is 0.296. The number of hydrogen-bond acceptors (Lipinski definition) is 5. The molecular weight excluding hydrogens is 460 g/mol. The Kier molecular flexibility index (Phi) is 5.54. The van der Waals surface area contributed by atoms with E-state index in [1.165, 1.54) is 33.6 Å². The molecule has 7 heteroatoms. The summed E-state index contributed by atoms with van der Waals surface area (Å²) in [7, 11) is 0. The van der Waals surface area contributed by atoms with Gasteiger partial charge < -0.3 is 0 Å². The summed E-state index contributed by atoms with van der Waals surface area (Å²) in [5.41, 5.74) is 6.26. The molecule has 3 heterocycles. The third-order valence-corrected chi connectivity index (χ3v) is 8.97. The van der Waals surface area contributed by atoms with Gasteiger partial charge in [0.2, 0.25) is 5.78 Å². The van der Waals surface area contributed by atoms with Crippen molar-refractivity contribution < 1.29 is 0 Å². The summed E-state index contributed by atoms with van der Waals surface area (Å²) in [5, 5.41) is 10.8. The molecule has 1 aliphatic carbocycles. The summed E-state index contributed by atoms with van der Waals surface area (Å²) in [6.45, 7) is 4.77. The second-order valence-electron chi connectivity index (χ2n) is 9.10. The van der Waals surface area contributed by atoms with Gasteiger partial charge in [-0.25, -0.2) is 4.40 Å². The number of aromatic nitrogens is 4. The number of thioether (sulfide) groups is 1. The third kappa shape index (κ3) is 3.67. The van der Waals surface area contributed by atoms with Crippen molar-refractivity contribution in [3.05, 3.63) is 91.6 Å². The molecule has 0 saturated carbocycles. The maximum atomic E-state index is 13.8. The standard InChI is InChI=1S/C27H26N4OS2/c1-17-12-13-20(18(2)14-17)16-33-27-29-28-26-30(15-19-8-4-3-5-9-19)24(32)23-21-10-6-7-11-22(21)34-25(23)31(26)27/h3-5,8-9,12-14H,6-7,10-11,15-16H2,1-2H3. The molecule has 6 rings (SSSR count). The number of nitrogens with zero attached hydrogens (tertiary/aromatic N) is 4. The van der Waals surface area contributed by atoms with Gasteiger partial charge in [-0.15, -0.1) is 21.5 Å². The first kappa shape index (κ1) is 21.6. The lowest BCUT2D eigenvalue weighted by atomic mass is 9.97. The van der Waals surface area contributed by atoms with Crippen LogP contribution in [0.2, 0.25) is 0 Å². The van der Waals surface area contributed by atoms with Crippen LogP contribution in [0.4, 0.5) is 0 Å². The van der Waals surface area contributed by atoms with Crippen LogP contribution in [0.15, 0.2) is 58.5 Å². The molecule has 0 N–H and O–H groups in total. The van der Waals surface area contributed by atoms with Gasteiger partial charge in [-0.05, 0) is 61.8 Å². The van der Waals surface area contributed by atoms with Gasteiger partial charge in [-0.1, -0.05) is 65.9 Å². The van der Waals surface area contributed by atoms with E-state index in [0.717, 1.165) is 46.0 Å². The molecule has 2 aromatic carbocycles. The molecule has 0 atom stereocenters. The third-order valence-electron chi connectivity index (χ3n) is 6.71. The molecule has 0 unspecified atom stereocenters. The summed E-state index contributed by atoms with van der Waals surface area (Å²) >= 11 is 3.45. The number of hydrogen-bond donors (Lipinski definition) is 0. The molecule has 1 aliphatic rings. The van der Waals surface area contributed by atoms with E-state index >= 15 is 0 Å². The normalized spacial score (nSPS) is 13.6.